The van der Waals surface area contributed by atoms with Crippen molar-refractivity contribution in [1.82, 2.24) is 15.6 Å². The quantitative estimate of drug-likeness (QED) is 0.371. The molecule has 3 nitrogen and oxygen atoms in total. The SMILES string of the molecule is CC(NC1CCCc2c1[nH]c1ccc(-c3ccc4c(c3)CNC4)cc21)c1cccs1. The average Bonchev–Trinajstić information content (AvgIpc) is 3.52. The number of thiophene rings is 1. The van der Waals surface area contributed by atoms with Gasteiger partial charge in [0.15, 0.2) is 0 Å². The largest absolute Gasteiger partial charge is 0.357 e. The van der Waals surface area contributed by atoms with Crippen molar-refractivity contribution in [2.45, 2.75) is 51.4 Å². The van der Waals surface area contributed by atoms with Gasteiger partial charge in [0.25, 0.3) is 0 Å². The van der Waals surface area contributed by atoms with Crippen LogP contribution >= 0.6 is 11.3 Å². The molecule has 1 aliphatic carbocycles. The normalized spacial score (nSPS) is 19.0. The lowest BCUT2D eigenvalue weighted by atomic mass is 9.90. The molecule has 3 heterocycles. The summed E-state index contributed by atoms with van der Waals surface area (Å²) in [6, 6.07) is 19.0. The lowest BCUT2D eigenvalue weighted by molar-refractivity contribution is 0.413. The predicted octanol–water partition coefficient (Wildman–Crippen LogP) is 6.23. The van der Waals surface area contributed by atoms with Crippen LogP contribution in [0.2, 0.25) is 0 Å². The fourth-order valence-corrected chi connectivity index (χ4v) is 5.95. The third kappa shape index (κ3) is 3.11. The molecule has 0 amide bonds. The van der Waals surface area contributed by atoms with E-state index in [1.165, 1.54) is 68.6 Å². The van der Waals surface area contributed by atoms with E-state index in [9.17, 15) is 0 Å². The molecule has 0 saturated carbocycles. The second-order valence-electron chi connectivity index (χ2n) is 8.71. The van der Waals surface area contributed by atoms with Crippen molar-refractivity contribution >= 4 is 22.2 Å². The van der Waals surface area contributed by atoms with Gasteiger partial charge in [-0.15, -0.1) is 11.3 Å². The van der Waals surface area contributed by atoms with E-state index >= 15 is 0 Å². The van der Waals surface area contributed by atoms with Gasteiger partial charge < -0.3 is 15.6 Å². The fourth-order valence-electron chi connectivity index (χ4n) is 5.20. The molecule has 1 aliphatic heterocycles. The second-order valence-corrected chi connectivity index (χ2v) is 9.69. The third-order valence-corrected chi connectivity index (χ3v) is 7.85. The van der Waals surface area contributed by atoms with Crippen LogP contribution in [0.25, 0.3) is 22.0 Å². The zero-order chi connectivity index (χ0) is 20.1. The maximum Gasteiger partial charge on any atom is 0.0481 e. The topological polar surface area (TPSA) is 39.9 Å². The van der Waals surface area contributed by atoms with Crippen molar-refractivity contribution in [1.29, 1.82) is 0 Å². The zero-order valence-electron chi connectivity index (χ0n) is 17.3. The first kappa shape index (κ1) is 18.4. The first-order valence-corrected chi connectivity index (χ1v) is 11.9. The number of aryl methyl sites for hydroxylation is 1. The third-order valence-electron chi connectivity index (χ3n) is 6.80. The molecule has 3 N–H and O–H groups in total. The smallest absolute Gasteiger partial charge is 0.0481 e. The van der Waals surface area contributed by atoms with E-state index in [1.807, 2.05) is 11.3 Å². The Hall–Kier alpha value is -2.40. The van der Waals surface area contributed by atoms with Crippen LogP contribution in [-0.2, 0) is 19.5 Å². The van der Waals surface area contributed by atoms with Gasteiger partial charge in [-0.05, 0) is 83.6 Å². The first-order valence-electron chi connectivity index (χ1n) is 11.0. The molecule has 2 unspecified atom stereocenters. The molecule has 0 bridgehead atoms. The summed E-state index contributed by atoms with van der Waals surface area (Å²) in [4.78, 5) is 5.18. The molecule has 2 aromatic carbocycles. The minimum Gasteiger partial charge on any atom is -0.357 e. The molecule has 4 heteroatoms. The number of fused-ring (bicyclic) bond motifs is 4. The van der Waals surface area contributed by atoms with Crippen LogP contribution in [0.3, 0.4) is 0 Å². The van der Waals surface area contributed by atoms with Gasteiger partial charge in [0.1, 0.15) is 0 Å². The van der Waals surface area contributed by atoms with E-state index in [4.69, 9.17) is 0 Å². The highest BCUT2D eigenvalue weighted by Gasteiger charge is 2.26. The van der Waals surface area contributed by atoms with Crippen LogP contribution in [0.1, 0.15) is 59.1 Å². The van der Waals surface area contributed by atoms with Crippen molar-refractivity contribution in [2.75, 3.05) is 0 Å². The van der Waals surface area contributed by atoms with E-state index in [1.54, 1.807) is 0 Å². The maximum atomic E-state index is 3.89. The summed E-state index contributed by atoms with van der Waals surface area (Å²) in [7, 11) is 0. The molecule has 2 aliphatic rings. The Morgan fingerprint density at radius 1 is 1.03 bits per heavy atom. The van der Waals surface area contributed by atoms with Gasteiger partial charge in [0, 0.05) is 46.6 Å². The summed E-state index contributed by atoms with van der Waals surface area (Å²) >= 11 is 1.84. The molecule has 0 fully saturated rings. The summed E-state index contributed by atoms with van der Waals surface area (Å²) in [5, 5.41) is 10.9. The van der Waals surface area contributed by atoms with E-state index in [0.29, 0.717) is 12.1 Å². The molecule has 4 aromatic rings. The van der Waals surface area contributed by atoms with Crippen LogP contribution in [0.5, 0.6) is 0 Å². The Kier molecular flexibility index (Phi) is 4.52. The van der Waals surface area contributed by atoms with Crippen molar-refractivity contribution in [3.05, 3.63) is 81.2 Å². The van der Waals surface area contributed by atoms with Crippen LogP contribution in [0.15, 0.2) is 53.9 Å². The van der Waals surface area contributed by atoms with Crippen LogP contribution < -0.4 is 10.6 Å². The maximum absolute atomic E-state index is 3.89. The Balaban J connectivity index is 1.35. The molecule has 6 rings (SSSR count). The molecule has 0 spiro atoms. The van der Waals surface area contributed by atoms with Gasteiger partial charge in [0.2, 0.25) is 0 Å². The minimum absolute atomic E-state index is 0.378. The monoisotopic (exact) mass is 413 g/mol. The first-order chi connectivity index (χ1) is 14.8. The number of H-pyrrole nitrogens is 1. The van der Waals surface area contributed by atoms with Gasteiger partial charge in [-0.3, -0.25) is 0 Å². The summed E-state index contributed by atoms with van der Waals surface area (Å²) < 4.78 is 0. The van der Waals surface area contributed by atoms with E-state index in [2.05, 4.69) is 76.5 Å². The van der Waals surface area contributed by atoms with Crippen LogP contribution in [-0.4, -0.2) is 4.98 Å². The summed E-state index contributed by atoms with van der Waals surface area (Å²) in [5.74, 6) is 0. The van der Waals surface area contributed by atoms with Gasteiger partial charge >= 0.3 is 0 Å². The number of hydrogen-bond acceptors (Lipinski definition) is 3. The highest BCUT2D eigenvalue weighted by atomic mass is 32.1. The number of aromatic amines is 1. The van der Waals surface area contributed by atoms with Gasteiger partial charge in [-0.25, -0.2) is 0 Å². The summed E-state index contributed by atoms with van der Waals surface area (Å²) in [6.07, 6.45) is 3.60. The molecule has 0 radical (unpaired) electrons. The van der Waals surface area contributed by atoms with Crippen molar-refractivity contribution in [3.63, 3.8) is 0 Å². The van der Waals surface area contributed by atoms with Crippen LogP contribution in [0.4, 0.5) is 0 Å². The molecular formula is C26H27N3S. The van der Waals surface area contributed by atoms with Crippen molar-refractivity contribution < 1.29 is 0 Å². The lowest BCUT2D eigenvalue weighted by Gasteiger charge is -2.27. The standard InChI is InChI=1S/C26H27N3S/c1-16(25-6-3-11-30-25)28-24-5-2-4-21-22-13-18(9-10-23(22)29-26(21)24)17-7-8-19-14-27-15-20(19)12-17/h3,6-13,16,24,27-29H,2,4-5,14-15H2,1H3. The summed E-state index contributed by atoms with van der Waals surface area (Å²) in [6.45, 7) is 4.27. The molecule has 2 atom stereocenters. The zero-order valence-corrected chi connectivity index (χ0v) is 18.1. The second kappa shape index (κ2) is 7.38. The highest BCUT2D eigenvalue weighted by molar-refractivity contribution is 7.10. The van der Waals surface area contributed by atoms with Crippen molar-refractivity contribution in [3.8, 4) is 11.1 Å². The number of nitrogens with one attached hydrogen (secondary N) is 3. The average molecular weight is 414 g/mol. The molecule has 2 aromatic heterocycles. The number of benzene rings is 2. The Morgan fingerprint density at radius 2 is 1.90 bits per heavy atom. The Labute approximate surface area is 181 Å². The minimum atomic E-state index is 0.378. The number of aromatic nitrogens is 1. The predicted molar refractivity (Wildman–Crippen MR) is 126 cm³/mol. The Bertz CT molecular complexity index is 1200. The molecular weight excluding hydrogens is 386 g/mol. The van der Waals surface area contributed by atoms with Gasteiger partial charge in [-0.1, -0.05) is 24.3 Å². The molecule has 0 saturated heterocycles. The number of hydrogen-bond donors (Lipinski definition) is 3. The van der Waals surface area contributed by atoms with Gasteiger partial charge in [-0.2, -0.15) is 0 Å². The van der Waals surface area contributed by atoms with E-state index < -0.39 is 0 Å². The van der Waals surface area contributed by atoms with Crippen molar-refractivity contribution in [2.24, 2.45) is 0 Å². The van der Waals surface area contributed by atoms with Gasteiger partial charge in [0.05, 0.1) is 0 Å². The van der Waals surface area contributed by atoms with Crippen LogP contribution in [0, 0.1) is 0 Å². The lowest BCUT2D eigenvalue weighted by Crippen LogP contribution is -2.27. The molecule has 30 heavy (non-hydrogen) atoms. The highest BCUT2D eigenvalue weighted by Crippen LogP contribution is 2.38. The fraction of sp³-hybridized carbons (Fsp3) is 0.308. The van der Waals surface area contributed by atoms with E-state index in [-0.39, 0.29) is 0 Å². The summed E-state index contributed by atoms with van der Waals surface area (Å²) in [5.41, 5.74) is 9.70. The molecule has 152 valence electrons. The van der Waals surface area contributed by atoms with E-state index in [0.717, 1.165) is 13.1 Å². The number of rotatable bonds is 4. The Morgan fingerprint density at radius 3 is 2.80 bits per heavy atom.